The lowest BCUT2D eigenvalue weighted by molar-refractivity contribution is -0.0497. The van der Waals surface area contributed by atoms with Crippen molar-refractivity contribution in [1.82, 2.24) is 4.57 Å². The Bertz CT molecular complexity index is 1150. The molecule has 0 amide bonds. The van der Waals surface area contributed by atoms with Crippen LogP contribution >= 0.6 is 0 Å². The van der Waals surface area contributed by atoms with E-state index < -0.39 is 16.6 Å². The Morgan fingerprint density at radius 3 is 2.48 bits per heavy atom. The van der Waals surface area contributed by atoms with E-state index in [1.54, 1.807) is 36.4 Å². The van der Waals surface area contributed by atoms with Crippen molar-refractivity contribution in [2.24, 2.45) is 0 Å². The quantitative estimate of drug-likeness (QED) is 0.591. The number of hydrogen-bond donors (Lipinski definition) is 2. The number of nitrogens with one attached hydrogen (secondary N) is 1. The maximum Gasteiger partial charge on any atom is 0.387 e. The largest absolute Gasteiger partial charge is 0.435 e. The molecular weight excluding hydrogens is 400 g/mol. The van der Waals surface area contributed by atoms with E-state index >= 15 is 0 Å². The first-order chi connectivity index (χ1) is 13.8. The molecule has 0 bridgehead atoms. The van der Waals surface area contributed by atoms with E-state index in [1.807, 2.05) is 11.5 Å². The summed E-state index contributed by atoms with van der Waals surface area (Å²) in [5.74, 6) is 0.0658. The molecule has 1 aromatic heterocycles. The summed E-state index contributed by atoms with van der Waals surface area (Å²) >= 11 is 0. The second kappa shape index (κ2) is 7.22. The van der Waals surface area contributed by atoms with E-state index in [4.69, 9.17) is 5.73 Å². The zero-order valence-corrected chi connectivity index (χ0v) is 16.5. The number of rotatable bonds is 7. The molecule has 1 fully saturated rings. The minimum absolute atomic E-state index is 0.0658. The third-order valence-corrected chi connectivity index (χ3v) is 6.87. The van der Waals surface area contributed by atoms with Crippen molar-refractivity contribution in [1.29, 1.82) is 0 Å². The summed E-state index contributed by atoms with van der Waals surface area (Å²) in [6, 6.07) is 11.6. The summed E-state index contributed by atoms with van der Waals surface area (Å²) in [6.07, 6.45) is 1.38. The van der Waals surface area contributed by atoms with Crippen LogP contribution in [0.4, 0.5) is 20.2 Å². The van der Waals surface area contributed by atoms with Gasteiger partial charge in [0, 0.05) is 29.2 Å². The lowest BCUT2D eigenvalue weighted by Gasteiger charge is -2.11. The molecule has 1 aliphatic carbocycles. The molecule has 4 rings (SSSR count). The van der Waals surface area contributed by atoms with Crippen LogP contribution in [0.1, 0.15) is 19.8 Å². The van der Waals surface area contributed by atoms with E-state index in [9.17, 15) is 17.2 Å². The second-order valence-electron chi connectivity index (χ2n) is 6.99. The van der Waals surface area contributed by atoms with Gasteiger partial charge in [-0.3, -0.25) is 4.72 Å². The molecule has 2 aromatic carbocycles. The zero-order valence-electron chi connectivity index (χ0n) is 15.7. The predicted molar refractivity (Wildman–Crippen MR) is 110 cm³/mol. The molecule has 3 aromatic rings. The summed E-state index contributed by atoms with van der Waals surface area (Å²) < 4.78 is 58.3. The van der Waals surface area contributed by atoms with Gasteiger partial charge in [-0.15, -0.1) is 0 Å². The van der Waals surface area contributed by atoms with Gasteiger partial charge in [0.2, 0.25) is 10.0 Å². The maximum absolute atomic E-state index is 12.6. The third-order valence-electron chi connectivity index (χ3n) is 5.00. The lowest BCUT2D eigenvalue weighted by atomic mass is 10.1. The fraction of sp³-hybridized carbons (Fsp3) is 0.300. The molecule has 0 radical (unpaired) electrons. The first kappa shape index (κ1) is 19.5. The molecule has 0 aliphatic heterocycles. The summed E-state index contributed by atoms with van der Waals surface area (Å²) in [4.78, 5) is 0. The van der Waals surface area contributed by atoms with E-state index in [0.717, 1.165) is 16.6 Å². The van der Waals surface area contributed by atoms with E-state index in [0.29, 0.717) is 36.3 Å². The Morgan fingerprint density at radius 2 is 1.90 bits per heavy atom. The number of hydrogen-bond acceptors (Lipinski definition) is 4. The Labute approximate surface area is 167 Å². The van der Waals surface area contributed by atoms with Crippen LogP contribution < -0.4 is 15.2 Å². The highest BCUT2D eigenvalue weighted by Crippen LogP contribution is 2.38. The fourth-order valence-corrected chi connectivity index (χ4v) is 4.88. The zero-order chi connectivity index (χ0) is 20.8. The van der Waals surface area contributed by atoms with Crippen LogP contribution in [0.25, 0.3) is 22.2 Å². The molecule has 6 nitrogen and oxygen atoms in total. The predicted octanol–water partition coefficient (Wildman–Crippen LogP) is 4.42. The van der Waals surface area contributed by atoms with Crippen molar-refractivity contribution in [3.63, 3.8) is 0 Å². The molecule has 154 valence electrons. The van der Waals surface area contributed by atoms with Crippen LogP contribution in [-0.2, 0) is 16.6 Å². The molecule has 0 spiro atoms. The van der Waals surface area contributed by atoms with Gasteiger partial charge >= 0.3 is 6.61 Å². The highest BCUT2D eigenvalue weighted by molar-refractivity contribution is 7.93. The first-order valence-corrected chi connectivity index (χ1v) is 10.8. The van der Waals surface area contributed by atoms with Gasteiger partial charge in [-0.05, 0) is 44.0 Å². The van der Waals surface area contributed by atoms with Crippen molar-refractivity contribution in [3.05, 3.63) is 42.5 Å². The molecule has 9 heteroatoms. The number of halogens is 2. The standard InChI is InChI=1S/C20H21F2N3O3S/c1-2-25-17-11-14(28-20(21)22)7-10-16(17)18(23)19(25)12-3-5-13(6-4-12)24-29(26,27)15-8-9-15/h3-7,10-11,15,20,24H,2,8-9,23H2,1H3. The van der Waals surface area contributed by atoms with Gasteiger partial charge in [-0.1, -0.05) is 12.1 Å². The Hall–Kier alpha value is -2.81. The number of aromatic nitrogens is 1. The number of sulfonamides is 1. The average molecular weight is 421 g/mol. The van der Waals surface area contributed by atoms with Crippen LogP contribution in [0.2, 0.25) is 0 Å². The number of benzene rings is 2. The number of ether oxygens (including phenoxy) is 1. The van der Waals surface area contributed by atoms with Gasteiger partial charge in [0.25, 0.3) is 0 Å². The van der Waals surface area contributed by atoms with Gasteiger partial charge < -0.3 is 15.0 Å². The van der Waals surface area contributed by atoms with Gasteiger partial charge in [-0.2, -0.15) is 8.78 Å². The van der Waals surface area contributed by atoms with E-state index in [1.165, 1.54) is 6.07 Å². The molecule has 1 heterocycles. The molecule has 29 heavy (non-hydrogen) atoms. The Balaban J connectivity index is 1.72. The SMILES string of the molecule is CCn1c(-c2ccc(NS(=O)(=O)C3CC3)cc2)c(N)c2ccc(OC(F)F)cc21. The van der Waals surface area contributed by atoms with Crippen LogP contribution in [0.3, 0.4) is 0 Å². The van der Waals surface area contributed by atoms with Crippen LogP contribution in [0.15, 0.2) is 42.5 Å². The van der Waals surface area contributed by atoms with E-state index in [-0.39, 0.29) is 11.0 Å². The van der Waals surface area contributed by atoms with Crippen molar-refractivity contribution < 1.29 is 21.9 Å². The number of anilines is 2. The second-order valence-corrected chi connectivity index (χ2v) is 8.95. The van der Waals surface area contributed by atoms with Crippen molar-refractivity contribution in [2.45, 2.75) is 38.2 Å². The van der Waals surface area contributed by atoms with Crippen LogP contribution in [0.5, 0.6) is 5.75 Å². The summed E-state index contributed by atoms with van der Waals surface area (Å²) in [6.45, 7) is -0.403. The van der Waals surface area contributed by atoms with Gasteiger partial charge in [-0.25, -0.2) is 8.42 Å². The Morgan fingerprint density at radius 1 is 1.21 bits per heavy atom. The monoisotopic (exact) mass is 421 g/mol. The van der Waals surface area contributed by atoms with E-state index in [2.05, 4.69) is 9.46 Å². The normalized spacial score (nSPS) is 14.5. The smallest absolute Gasteiger partial charge is 0.387 e. The summed E-state index contributed by atoms with van der Waals surface area (Å²) in [5, 5.41) is 0.437. The van der Waals surface area contributed by atoms with Gasteiger partial charge in [0.1, 0.15) is 5.75 Å². The molecule has 0 atom stereocenters. The number of alkyl halides is 2. The molecule has 0 saturated heterocycles. The van der Waals surface area contributed by atoms with Gasteiger partial charge in [0.15, 0.2) is 0 Å². The summed E-state index contributed by atoms with van der Waals surface area (Å²) in [7, 11) is -3.33. The third kappa shape index (κ3) is 3.74. The molecule has 1 saturated carbocycles. The number of nitrogens with zero attached hydrogens (tertiary/aromatic N) is 1. The van der Waals surface area contributed by atoms with Crippen molar-refractivity contribution in [2.75, 3.05) is 10.5 Å². The van der Waals surface area contributed by atoms with Gasteiger partial charge in [0.05, 0.1) is 22.1 Å². The van der Waals surface area contributed by atoms with Crippen LogP contribution in [0, 0.1) is 0 Å². The molecule has 3 N–H and O–H groups in total. The topological polar surface area (TPSA) is 86.4 Å². The average Bonchev–Trinajstić information content (AvgIpc) is 3.48. The lowest BCUT2D eigenvalue weighted by Crippen LogP contribution is -2.17. The van der Waals surface area contributed by atoms with Crippen LogP contribution in [-0.4, -0.2) is 24.8 Å². The minimum atomic E-state index is -3.33. The molecular formula is C20H21F2N3O3S. The van der Waals surface area contributed by atoms with Crippen molar-refractivity contribution >= 4 is 32.3 Å². The number of nitrogens with two attached hydrogens (primary N) is 1. The Kier molecular flexibility index (Phi) is 4.85. The molecule has 1 aliphatic rings. The summed E-state index contributed by atoms with van der Waals surface area (Å²) in [5.41, 5.74) is 9.61. The highest BCUT2D eigenvalue weighted by Gasteiger charge is 2.35. The number of fused-ring (bicyclic) bond motifs is 1. The highest BCUT2D eigenvalue weighted by atomic mass is 32.2. The maximum atomic E-state index is 12.6. The minimum Gasteiger partial charge on any atom is -0.435 e. The van der Waals surface area contributed by atoms with Crippen molar-refractivity contribution in [3.8, 4) is 17.0 Å². The number of nitrogen functional groups attached to an aromatic ring is 1. The molecule has 0 unspecified atom stereocenters. The first-order valence-electron chi connectivity index (χ1n) is 9.28. The number of aryl methyl sites for hydroxylation is 1. The fourth-order valence-electron chi connectivity index (χ4n) is 3.49.